The van der Waals surface area contributed by atoms with Crippen LogP contribution in [0, 0.1) is 10.1 Å². The van der Waals surface area contributed by atoms with Crippen LogP contribution < -0.4 is 5.32 Å². The van der Waals surface area contributed by atoms with Crippen molar-refractivity contribution in [2.24, 2.45) is 0 Å². The fraction of sp³-hybridized carbons (Fsp3) is 0.273. The summed E-state index contributed by atoms with van der Waals surface area (Å²) in [5.41, 5.74) is -0.738. The predicted molar refractivity (Wildman–Crippen MR) is 62.7 cm³/mol. The number of benzene rings is 1. The molecule has 0 aliphatic carbocycles. The SMILES string of the molecule is CCCNC(=O)c1cc(C(=O)O)cc([N+](=O)[O-])c1. The largest absolute Gasteiger partial charge is 0.478 e. The Morgan fingerprint density at radius 1 is 1.33 bits per heavy atom. The summed E-state index contributed by atoms with van der Waals surface area (Å²) in [7, 11) is 0. The summed E-state index contributed by atoms with van der Waals surface area (Å²) in [6.07, 6.45) is 0.715. The molecule has 0 aliphatic rings. The molecule has 0 atom stereocenters. The molecule has 1 aromatic rings. The van der Waals surface area contributed by atoms with Crippen molar-refractivity contribution in [3.05, 3.63) is 39.4 Å². The van der Waals surface area contributed by atoms with Crippen molar-refractivity contribution >= 4 is 17.6 Å². The monoisotopic (exact) mass is 252 g/mol. The highest BCUT2D eigenvalue weighted by atomic mass is 16.6. The van der Waals surface area contributed by atoms with Crippen LogP contribution >= 0.6 is 0 Å². The zero-order chi connectivity index (χ0) is 13.7. The van der Waals surface area contributed by atoms with Crippen LogP contribution in [0.4, 0.5) is 5.69 Å². The molecule has 0 aliphatic heterocycles. The number of rotatable bonds is 5. The average Bonchev–Trinajstić information content (AvgIpc) is 2.35. The smallest absolute Gasteiger partial charge is 0.335 e. The van der Waals surface area contributed by atoms with E-state index in [1.165, 1.54) is 0 Å². The van der Waals surface area contributed by atoms with Gasteiger partial charge in [-0.05, 0) is 12.5 Å². The van der Waals surface area contributed by atoms with E-state index in [0.29, 0.717) is 13.0 Å². The second-order valence-electron chi connectivity index (χ2n) is 3.59. The van der Waals surface area contributed by atoms with E-state index < -0.39 is 22.5 Å². The quantitative estimate of drug-likeness (QED) is 0.608. The number of nitrogens with zero attached hydrogens (tertiary/aromatic N) is 1. The van der Waals surface area contributed by atoms with E-state index in [9.17, 15) is 19.7 Å². The van der Waals surface area contributed by atoms with Crippen molar-refractivity contribution < 1.29 is 19.6 Å². The van der Waals surface area contributed by atoms with Crippen molar-refractivity contribution in [1.29, 1.82) is 0 Å². The van der Waals surface area contributed by atoms with Gasteiger partial charge in [-0.15, -0.1) is 0 Å². The molecule has 0 heterocycles. The fourth-order valence-electron chi connectivity index (χ4n) is 1.31. The lowest BCUT2D eigenvalue weighted by Gasteiger charge is -2.04. The topological polar surface area (TPSA) is 110 Å². The average molecular weight is 252 g/mol. The van der Waals surface area contributed by atoms with Crippen LogP contribution in [0.15, 0.2) is 18.2 Å². The second kappa shape index (κ2) is 5.76. The van der Waals surface area contributed by atoms with E-state index in [2.05, 4.69) is 5.32 Å². The number of nitrogens with one attached hydrogen (secondary N) is 1. The van der Waals surface area contributed by atoms with E-state index in [4.69, 9.17) is 5.11 Å². The number of hydrogen-bond donors (Lipinski definition) is 2. The Labute approximate surface area is 103 Å². The number of carbonyl (C=O) groups excluding carboxylic acids is 1. The number of hydrogen-bond acceptors (Lipinski definition) is 4. The summed E-state index contributed by atoms with van der Waals surface area (Å²) in [4.78, 5) is 32.3. The molecule has 1 amide bonds. The third-order valence-corrected chi connectivity index (χ3v) is 2.17. The number of carbonyl (C=O) groups is 2. The van der Waals surface area contributed by atoms with Gasteiger partial charge in [0.15, 0.2) is 0 Å². The van der Waals surface area contributed by atoms with Crippen LogP contribution in [0.2, 0.25) is 0 Å². The first-order valence-electron chi connectivity index (χ1n) is 5.26. The Kier molecular flexibility index (Phi) is 4.36. The minimum Gasteiger partial charge on any atom is -0.478 e. The zero-order valence-electron chi connectivity index (χ0n) is 9.67. The zero-order valence-corrected chi connectivity index (χ0v) is 9.67. The molecule has 0 unspecified atom stereocenters. The van der Waals surface area contributed by atoms with E-state index in [1.807, 2.05) is 6.92 Å². The summed E-state index contributed by atoms with van der Waals surface area (Å²) < 4.78 is 0. The molecule has 7 nitrogen and oxygen atoms in total. The molecule has 1 rings (SSSR count). The standard InChI is InChI=1S/C11H12N2O5/c1-2-3-12-10(14)7-4-8(11(15)16)6-9(5-7)13(17)18/h4-6H,2-3H2,1H3,(H,12,14)(H,15,16). The van der Waals surface area contributed by atoms with Gasteiger partial charge in [0.1, 0.15) is 0 Å². The van der Waals surface area contributed by atoms with Crippen LogP contribution in [0.5, 0.6) is 0 Å². The van der Waals surface area contributed by atoms with Gasteiger partial charge in [-0.2, -0.15) is 0 Å². The first-order valence-corrected chi connectivity index (χ1v) is 5.26. The Balaban J connectivity index is 3.14. The van der Waals surface area contributed by atoms with Crippen molar-refractivity contribution in [2.75, 3.05) is 6.54 Å². The van der Waals surface area contributed by atoms with Gasteiger partial charge in [-0.3, -0.25) is 14.9 Å². The Morgan fingerprint density at radius 2 is 1.94 bits per heavy atom. The molecule has 1 aromatic carbocycles. The molecule has 0 radical (unpaired) electrons. The van der Waals surface area contributed by atoms with E-state index >= 15 is 0 Å². The summed E-state index contributed by atoms with van der Waals surface area (Å²) >= 11 is 0. The molecule has 0 saturated heterocycles. The summed E-state index contributed by atoms with van der Waals surface area (Å²) in [6.45, 7) is 2.28. The number of carboxylic acid groups (broad SMARTS) is 1. The minimum atomic E-state index is -1.32. The highest BCUT2D eigenvalue weighted by Gasteiger charge is 2.17. The molecule has 0 spiro atoms. The highest BCUT2D eigenvalue weighted by molar-refractivity contribution is 5.98. The number of non-ortho nitro benzene ring substituents is 1. The molecule has 0 saturated carbocycles. The van der Waals surface area contributed by atoms with Gasteiger partial charge in [-0.25, -0.2) is 4.79 Å². The predicted octanol–water partition coefficient (Wildman–Crippen LogP) is 1.43. The number of amides is 1. The fourth-order valence-corrected chi connectivity index (χ4v) is 1.31. The summed E-state index contributed by atoms with van der Waals surface area (Å²) in [6, 6.07) is 3.08. The maximum absolute atomic E-state index is 11.6. The lowest BCUT2D eigenvalue weighted by molar-refractivity contribution is -0.384. The normalized spacial score (nSPS) is 9.83. The Hall–Kier alpha value is -2.44. The van der Waals surface area contributed by atoms with E-state index in [0.717, 1.165) is 18.2 Å². The third kappa shape index (κ3) is 3.27. The van der Waals surface area contributed by atoms with Crippen LogP contribution in [0.1, 0.15) is 34.1 Å². The molecule has 96 valence electrons. The Morgan fingerprint density at radius 3 is 2.44 bits per heavy atom. The van der Waals surface area contributed by atoms with Crippen LogP contribution in [-0.2, 0) is 0 Å². The first-order chi connectivity index (χ1) is 8.45. The molecular weight excluding hydrogens is 240 g/mol. The first kappa shape index (κ1) is 13.6. The Bertz CT molecular complexity index is 466. The molecular formula is C11H12N2O5. The van der Waals surface area contributed by atoms with Gasteiger partial charge in [0.05, 0.1) is 10.5 Å². The van der Waals surface area contributed by atoms with Crippen molar-refractivity contribution in [3.63, 3.8) is 0 Å². The van der Waals surface area contributed by atoms with Crippen molar-refractivity contribution in [2.45, 2.75) is 13.3 Å². The highest BCUT2D eigenvalue weighted by Crippen LogP contribution is 2.17. The van der Waals surface area contributed by atoms with Crippen molar-refractivity contribution in [1.82, 2.24) is 5.32 Å². The number of nitro groups is 1. The van der Waals surface area contributed by atoms with E-state index in [1.54, 1.807) is 0 Å². The number of aromatic carboxylic acids is 1. The molecule has 2 N–H and O–H groups in total. The maximum Gasteiger partial charge on any atom is 0.335 e. The van der Waals surface area contributed by atoms with Gasteiger partial charge in [0.25, 0.3) is 11.6 Å². The number of carboxylic acids is 1. The lowest BCUT2D eigenvalue weighted by atomic mass is 10.1. The summed E-state index contributed by atoms with van der Waals surface area (Å²) in [5, 5.41) is 22.0. The van der Waals surface area contributed by atoms with Gasteiger partial charge >= 0.3 is 5.97 Å². The molecule has 7 heteroatoms. The van der Waals surface area contributed by atoms with Crippen molar-refractivity contribution in [3.8, 4) is 0 Å². The lowest BCUT2D eigenvalue weighted by Crippen LogP contribution is -2.24. The van der Waals surface area contributed by atoms with Gasteiger partial charge in [-0.1, -0.05) is 6.92 Å². The van der Waals surface area contributed by atoms with Crippen LogP contribution in [0.25, 0.3) is 0 Å². The summed E-state index contributed by atoms with van der Waals surface area (Å²) in [5.74, 6) is -1.84. The molecule has 18 heavy (non-hydrogen) atoms. The maximum atomic E-state index is 11.6. The van der Waals surface area contributed by atoms with E-state index in [-0.39, 0.29) is 11.1 Å². The minimum absolute atomic E-state index is 0.0324. The van der Waals surface area contributed by atoms with Gasteiger partial charge in [0.2, 0.25) is 0 Å². The molecule has 0 bridgehead atoms. The third-order valence-electron chi connectivity index (χ3n) is 2.17. The molecule has 0 fully saturated rings. The van der Waals surface area contributed by atoms with Crippen LogP contribution in [0.3, 0.4) is 0 Å². The van der Waals surface area contributed by atoms with Gasteiger partial charge in [0, 0.05) is 24.2 Å². The number of nitro benzene ring substituents is 1. The van der Waals surface area contributed by atoms with Gasteiger partial charge < -0.3 is 10.4 Å². The molecule has 0 aromatic heterocycles. The second-order valence-corrected chi connectivity index (χ2v) is 3.59. The van der Waals surface area contributed by atoms with Crippen LogP contribution in [-0.4, -0.2) is 28.5 Å².